The number of thioether (sulfide) groups is 1. The van der Waals surface area contributed by atoms with Crippen LogP contribution in [-0.4, -0.2) is 26.5 Å². The summed E-state index contributed by atoms with van der Waals surface area (Å²) >= 11 is 1.11. The van der Waals surface area contributed by atoms with Crippen LogP contribution in [0.1, 0.15) is 12.7 Å². The molecule has 1 N–H and O–H groups in total. The number of carbonyl (C=O) groups is 1. The van der Waals surface area contributed by atoms with Gasteiger partial charge in [0.05, 0.1) is 5.25 Å². The van der Waals surface area contributed by atoms with Gasteiger partial charge in [0.25, 0.3) is 5.22 Å². The van der Waals surface area contributed by atoms with Crippen molar-refractivity contribution in [1.82, 2.24) is 15.4 Å². The molecular formula is C15H13FN4O3S. The van der Waals surface area contributed by atoms with Crippen molar-refractivity contribution in [2.24, 2.45) is 0 Å². The molecule has 0 aliphatic rings. The van der Waals surface area contributed by atoms with Gasteiger partial charge in [0.15, 0.2) is 5.82 Å². The SMILES string of the molecule is Cc1cc(NC(=O)[C@H](C)Sc2nnc(-c3ccc(F)cc3)o2)no1. The molecule has 2 heterocycles. The molecular weight excluding hydrogens is 335 g/mol. The quantitative estimate of drug-likeness (QED) is 0.707. The van der Waals surface area contributed by atoms with Gasteiger partial charge in [0.1, 0.15) is 11.6 Å². The average molecular weight is 348 g/mol. The van der Waals surface area contributed by atoms with E-state index in [0.29, 0.717) is 17.1 Å². The van der Waals surface area contributed by atoms with E-state index in [1.807, 2.05) is 0 Å². The van der Waals surface area contributed by atoms with Crippen molar-refractivity contribution in [1.29, 1.82) is 0 Å². The lowest BCUT2D eigenvalue weighted by atomic mass is 10.2. The van der Waals surface area contributed by atoms with Crippen LogP contribution in [-0.2, 0) is 4.79 Å². The maximum Gasteiger partial charge on any atom is 0.277 e. The van der Waals surface area contributed by atoms with E-state index in [9.17, 15) is 9.18 Å². The second kappa shape index (κ2) is 6.83. The first-order chi connectivity index (χ1) is 11.5. The molecule has 1 aromatic carbocycles. The molecule has 24 heavy (non-hydrogen) atoms. The summed E-state index contributed by atoms with van der Waals surface area (Å²) in [6.45, 7) is 3.44. The summed E-state index contributed by atoms with van der Waals surface area (Å²) in [6.07, 6.45) is 0. The highest BCUT2D eigenvalue weighted by molar-refractivity contribution is 8.00. The number of aromatic nitrogens is 3. The summed E-state index contributed by atoms with van der Waals surface area (Å²) < 4.78 is 23.3. The average Bonchev–Trinajstić information content (AvgIpc) is 3.17. The van der Waals surface area contributed by atoms with Gasteiger partial charge in [-0.25, -0.2) is 4.39 Å². The number of carbonyl (C=O) groups excluding carboxylic acids is 1. The van der Waals surface area contributed by atoms with E-state index in [-0.39, 0.29) is 22.8 Å². The predicted octanol–water partition coefficient (Wildman–Crippen LogP) is 3.29. The number of benzene rings is 1. The Labute approximate surface area is 140 Å². The minimum absolute atomic E-state index is 0.244. The van der Waals surface area contributed by atoms with Crippen molar-refractivity contribution in [2.75, 3.05) is 5.32 Å². The Balaban J connectivity index is 1.63. The lowest BCUT2D eigenvalue weighted by molar-refractivity contribution is -0.115. The van der Waals surface area contributed by atoms with E-state index >= 15 is 0 Å². The van der Waals surface area contributed by atoms with Gasteiger partial charge in [-0.1, -0.05) is 16.9 Å². The van der Waals surface area contributed by atoms with Crippen LogP contribution < -0.4 is 5.32 Å². The molecule has 124 valence electrons. The third-order valence-corrected chi connectivity index (χ3v) is 3.96. The number of halogens is 1. The number of nitrogens with zero attached hydrogens (tertiary/aromatic N) is 3. The second-order valence-electron chi connectivity index (χ2n) is 4.95. The minimum Gasteiger partial charge on any atom is -0.411 e. The highest BCUT2D eigenvalue weighted by atomic mass is 32.2. The topological polar surface area (TPSA) is 94.1 Å². The number of anilines is 1. The predicted molar refractivity (Wildman–Crippen MR) is 84.9 cm³/mol. The molecule has 0 aliphatic carbocycles. The van der Waals surface area contributed by atoms with Crippen LogP contribution in [0.4, 0.5) is 10.2 Å². The molecule has 0 spiro atoms. The maximum absolute atomic E-state index is 12.9. The minimum atomic E-state index is -0.483. The molecule has 9 heteroatoms. The van der Waals surface area contributed by atoms with Crippen molar-refractivity contribution in [3.05, 3.63) is 41.9 Å². The van der Waals surface area contributed by atoms with Crippen LogP contribution in [0.5, 0.6) is 0 Å². The number of aryl methyl sites for hydroxylation is 1. The lowest BCUT2D eigenvalue weighted by Crippen LogP contribution is -2.22. The van der Waals surface area contributed by atoms with Crippen LogP contribution in [0.15, 0.2) is 44.5 Å². The summed E-state index contributed by atoms with van der Waals surface area (Å²) in [7, 11) is 0. The molecule has 0 fully saturated rings. The third-order valence-electron chi connectivity index (χ3n) is 3.02. The van der Waals surface area contributed by atoms with Gasteiger partial charge in [-0.2, -0.15) is 0 Å². The highest BCUT2D eigenvalue weighted by Crippen LogP contribution is 2.26. The van der Waals surface area contributed by atoms with E-state index in [1.165, 1.54) is 12.1 Å². The van der Waals surface area contributed by atoms with E-state index in [4.69, 9.17) is 8.94 Å². The number of amides is 1. The van der Waals surface area contributed by atoms with Crippen LogP contribution in [0.25, 0.3) is 11.5 Å². The first-order valence-electron chi connectivity index (χ1n) is 7.01. The third kappa shape index (κ3) is 3.80. The molecule has 1 amide bonds. The molecule has 2 aromatic heterocycles. The molecule has 0 radical (unpaired) electrons. The van der Waals surface area contributed by atoms with Gasteiger partial charge in [0, 0.05) is 11.6 Å². The Morgan fingerprint density at radius 2 is 2.04 bits per heavy atom. The Bertz CT molecular complexity index is 847. The smallest absolute Gasteiger partial charge is 0.277 e. The van der Waals surface area contributed by atoms with Gasteiger partial charge in [0.2, 0.25) is 11.8 Å². The first kappa shape index (κ1) is 16.2. The zero-order valence-electron chi connectivity index (χ0n) is 12.8. The maximum atomic E-state index is 12.9. The lowest BCUT2D eigenvalue weighted by Gasteiger charge is -2.06. The molecule has 0 unspecified atom stereocenters. The summed E-state index contributed by atoms with van der Waals surface area (Å²) in [5.74, 6) is 0.599. The van der Waals surface area contributed by atoms with Gasteiger partial charge >= 0.3 is 0 Å². The fourth-order valence-electron chi connectivity index (χ4n) is 1.82. The summed E-state index contributed by atoms with van der Waals surface area (Å²) in [5, 5.41) is 13.9. The van der Waals surface area contributed by atoms with E-state index < -0.39 is 5.25 Å². The molecule has 0 saturated heterocycles. The second-order valence-corrected chi connectivity index (χ2v) is 6.24. The molecule has 0 aliphatic heterocycles. The van der Waals surface area contributed by atoms with Crippen molar-refractivity contribution >= 4 is 23.5 Å². The zero-order chi connectivity index (χ0) is 17.1. The van der Waals surface area contributed by atoms with E-state index in [0.717, 1.165) is 11.8 Å². The first-order valence-corrected chi connectivity index (χ1v) is 7.89. The van der Waals surface area contributed by atoms with Crippen LogP contribution >= 0.6 is 11.8 Å². The Kier molecular flexibility index (Phi) is 4.61. The van der Waals surface area contributed by atoms with Crippen LogP contribution in [0, 0.1) is 12.7 Å². The van der Waals surface area contributed by atoms with Gasteiger partial charge < -0.3 is 14.3 Å². The monoisotopic (exact) mass is 348 g/mol. The molecule has 3 rings (SSSR count). The van der Waals surface area contributed by atoms with Crippen molar-refractivity contribution < 1.29 is 18.1 Å². The van der Waals surface area contributed by atoms with E-state index in [1.54, 1.807) is 32.0 Å². The van der Waals surface area contributed by atoms with Gasteiger partial charge in [-0.3, -0.25) is 4.79 Å². The van der Waals surface area contributed by atoms with Crippen LogP contribution in [0.2, 0.25) is 0 Å². The largest absolute Gasteiger partial charge is 0.411 e. The standard InChI is InChI=1S/C15H13FN4O3S/c1-8-7-12(20-23-8)17-13(21)9(2)24-15-19-18-14(22-15)10-3-5-11(16)6-4-10/h3-7,9H,1-2H3,(H,17,20,21)/t9-/m0/s1. The fourth-order valence-corrected chi connectivity index (χ4v) is 2.51. The molecule has 7 nitrogen and oxygen atoms in total. The fraction of sp³-hybridized carbons (Fsp3) is 0.200. The van der Waals surface area contributed by atoms with Gasteiger partial charge in [-0.05, 0) is 38.1 Å². The summed E-state index contributed by atoms with van der Waals surface area (Å²) in [4.78, 5) is 12.1. The molecule has 0 saturated carbocycles. The van der Waals surface area contributed by atoms with Crippen molar-refractivity contribution in [3.8, 4) is 11.5 Å². The van der Waals surface area contributed by atoms with E-state index in [2.05, 4.69) is 20.7 Å². The highest BCUT2D eigenvalue weighted by Gasteiger charge is 2.20. The van der Waals surface area contributed by atoms with Crippen LogP contribution in [0.3, 0.4) is 0 Å². The summed E-state index contributed by atoms with van der Waals surface area (Å²) in [5.41, 5.74) is 0.603. The molecule has 3 aromatic rings. The number of nitrogens with one attached hydrogen (secondary N) is 1. The number of rotatable bonds is 5. The molecule has 1 atom stereocenters. The molecule has 0 bridgehead atoms. The zero-order valence-corrected chi connectivity index (χ0v) is 13.6. The Morgan fingerprint density at radius 1 is 1.29 bits per heavy atom. The normalized spacial score (nSPS) is 12.1. The Morgan fingerprint density at radius 3 is 2.71 bits per heavy atom. The summed E-state index contributed by atoms with van der Waals surface area (Å²) in [6, 6.07) is 7.32. The van der Waals surface area contributed by atoms with Crippen molar-refractivity contribution in [3.63, 3.8) is 0 Å². The Hall–Kier alpha value is -2.68. The number of hydrogen-bond acceptors (Lipinski definition) is 7. The van der Waals surface area contributed by atoms with Gasteiger partial charge in [-0.15, -0.1) is 10.2 Å². The number of hydrogen-bond donors (Lipinski definition) is 1. The van der Waals surface area contributed by atoms with Crippen molar-refractivity contribution in [2.45, 2.75) is 24.3 Å².